The fourth-order valence-electron chi connectivity index (χ4n) is 8.35. The Bertz CT molecular complexity index is 4370. The van der Waals surface area contributed by atoms with Crippen molar-refractivity contribution in [2.75, 3.05) is 0 Å². The van der Waals surface area contributed by atoms with Gasteiger partial charge < -0.3 is 18.0 Å². The Hall–Kier alpha value is -11.7. The fourth-order valence-corrected chi connectivity index (χ4v) is 10.3. The third-order valence-electron chi connectivity index (χ3n) is 15.8. The summed E-state index contributed by atoms with van der Waals surface area (Å²) < 4.78 is 32.0. The van der Waals surface area contributed by atoms with Crippen LogP contribution < -0.4 is 0 Å². The molecule has 0 aromatic carbocycles. The van der Waals surface area contributed by atoms with E-state index in [1.165, 1.54) is 33.6 Å². The van der Waals surface area contributed by atoms with Crippen molar-refractivity contribution in [2.45, 2.75) is 422 Å². The zero-order chi connectivity index (χ0) is 108. The van der Waals surface area contributed by atoms with Crippen LogP contribution in [0.5, 0.6) is 0 Å². The molecule has 14 aromatic rings. The minimum absolute atomic E-state index is 0.311. The van der Waals surface area contributed by atoms with Crippen molar-refractivity contribution in [3.8, 4) is 0 Å². The largest absolute Gasteiger partial charge is 0.425 e. The van der Waals surface area contributed by atoms with Gasteiger partial charge in [0.1, 0.15) is 62.8 Å². The van der Waals surface area contributed by atoms with Crippen LogP contribution in [-0.2, 0) is 14.1 Å². The number of nitrogens with zero attached hydrogens (tertiary/aromatic N) is 41. The summed E-state index contributed by atoms with van der Waals surface area (Å²) >= 11 is 4.64. The van der Waals surface area contributed by atoms with Crippen molar-refractivity contribution in [3.63, 3.8) is 0 Å². The Balaban J connectivity index is -0.000000462. The van der Waals surface area contributed by atoms with E-state index in [0.29, 0.717) is 119 Å². The van der Waals surface area contributed by atoms with Crippen molar-refractivity contribution in [1.29, 1.82) is 0 Å². The topological polar surface area (TPSA) is 527 Å². The summed E-state index contributed by atoms with van der Waals surface area (Å²) in [5.74, 6) is 13.8. The molecule has 790 valence electrons. The molecule has 0 fully saturated rings. The van der Waals surface area contributed by atoms with E-state index in [1.54, 1.807) is 93.5 Å². The summed E-state index contributed by atoms with van der Waals surface area (Å²) in [6.45, 7) is 97.0. The minimum atomic E-state index is 0.311. The van der Waals surface area contributed by atoms with Crippen molar-refractivity contribution >= 4 is 46.3 Å². The first-order valence-electron chi connectivity index (χ1n) is 48.3. The van der Waals surface area contributed by atoms with Gasteiger partial charge in [-0.2, -0.15) is 59.0 Å². The molecule has 0 aliphatic carbocycles. The van der Waals surface area contributed by atoms with E-state index in [2.05, 4.69) is 302 Å². The van der Waals surface area contributed by atoms with E-state index >= 15 is 0 Å². The van der Waals surface area contributed by atoms with Gasteiger partial charge in [-0.1, -0.05) is 223 Å². The molecule has 140 heavy (non-hydrogen) atoms. The first-order chi connectivity index (χ1) is 66.0. The van der Waals surface area contributed by atoms with E-state index < -0.39 is 0 Å². The number of hydrogen-bond donors (Lipinski definition) is 1. The average Bonchev–Trinajstić information content (AvgIpc) is 1.74. The van der Waals surface area contributed by atoms with Crippen LogP contribution in [0.3, 0.4) is 0 Å². The molecule has 0 spiro atoms. The first kappa shape index (κ1) is 137. The number of aryl methyl sites for hydroxylation is 10. The number of hydrogen-bond acceptors (Lipinski definition) is 40. The van der Waals surface area contributed by atoms with E-state index in [-0.39, 0.29) is 0 Å². The molecule has 0 atom stereocenters. The maximum absolute atomic E-state index is 5.12. The molecule has 1 aliphatic rings. The van der Waals surface area contributed by atoms with Gasteiger partial charge in [0.15, 0.2) is 29.1 Å². The summed E-state index contributed by atoms with van der Waals surface area (Å²) in [7, 11) is 3.61. The summed E-state index contributed by atoms with van der Waals surface area (Å²) in [6, 6.07) is 2.01. The highest BCUT2D eigenvalue weighted by Gasteiger charge is 2.13. The van der Waals surface area contributed by atoms with Gasteiger partial charge in [0.25, 0.3) is 0 Å². The molecule has 0 radical (unpaired) electrons. The summed E-state index contributed by atoms with van der Waals surface area (Å²) in [5, 5.41) is 109. The molecule has 48 heteroatoms. The van der Waals surface area contributed by atoms with Gasteiger partial charge in [0.2, 0.25) is 23.6 Å². The molecule has 0 unspecified atom stereocenters. The SMILES string of the molecule is CC.CC.CC.CC.CC.CC(C)C1=NN=CC1.CC(C)c1cn[nH]n1.CC(C)c1nnn(C)n1.CC(C)c1nnnn1C.CC(C)n1ccnn1.CC(C)n1cncn1.CC(C)n1cnnc1.Cc1nc(C(C)C)no1.Cc1nc(C(C)C)ns1.Cc1nnc(C(C)C)o1.Cc1nnc(C(C)C)s1.Cc1nnn(C(C)C)n1.Cc1nnnn1C(C)C.Cc1noc(C(C)C)n1.Cc1nsc(C(C)C)n1. The van der Waals surface area contributed by atoms with E-state index in [0.717, 1.165) is 72.9 Å². The predicted octanol–water partition coefficient (Wildman–Crippen LogP) is 22.3. The third-order valence-corrected chi connectivity index (χ3v) is 18.7. The number of H-pyrrole nitrogens is 1. The smallest absolute Gasteiger partial charge is 0.229 e. The van der Waals surface area contributed by atoms with Crippen LogP contribution in [-0.4, -0.2) is 212 Å². The Morgan fingerprint density at radius 3 is 1.21 bits per heavy atom. The zero-order valence-corrected chi connectivity index (χ0v) is 96.7. The van der Waals surface area contributed by atoms with E-state index in [4.69, 9.17) is 13.5 Å². The molecule has 15 rings (SSSR count). The quantitative estimate of drug-likeness (QED) is 0.0996. The fraction of sp³-hybridized carbons (Fsp3) is 0.717. The lowest BCUT2D eigenvalue weighted by Gasteiger charge is -2.02. The number of aromatic nitrogens is 40. The number of nitrogens with one attached hydrogen (secondary N) is 1. The van der Waals surface area contributed by atoms with Crippen LogP contribution in [0.15, 0.2) is 67.6 Å². The second-order valence-corrected chi connectivity index (χ2v) is 36.3. The molecule has 0 bridgehead atoms. The normalized spacial score (nSPS) is 10.4. The Labute approximate surface area is 847 Å². The number of tetrazole rings is 4. The van der Waals surface area contributed by atoms with Crippen molar-refractivity contribution < 1.29 is 13.5 Å². The molecule has 0 saturated carbocycles. The second kappa shape index (κ2) is 81.0. The van der Waals surface area contributed by atoms with Crippen LogP contribution >= 0.6 is 34.4 Å². The lowest BCUT2D eigenvalue weighted by atomic mass is 10.1. The number of rotatable bonds is 15. The van der Waals surface area contributed by atoms with E-state index in [1.807, 2.05) is 218 Å². The van der Waals surface area contributed by atoms with Gasteiger partial charge in [0.05, 0.1) is 37.2 Å². The molecular formula is C92H176N42O3S3. The van der Waals surface area contributed by atoms with Crippen LogP contribution in [0.4, 0.5) is 0 Å². The highest BCUT2D eigenvalue weighted by Crippen LogP contribution is 2.20. The van der Waals surface area contributed by atoms with E-state index in [9.17, 15) is 0 Å². The molecule has 1 N–H and O–H groups in total. The average molecular weight is 2010 g/mol. The lowest BCUT2D eigenvalue weighted by molar-refractivity contribution is 0.362. The van der Waals surface area contributed by atoms with Gasteiger partial charge in [-0.3, -0.25) is 9.36 Å². The standard InChI is InChI=1S/3C6H10N2O.3C6H10N2S.C6H10N2.4C5H10N4.4C5H9N3.5C2H6/c1-4(2)6-8-7-5(3)9-6;1-4(2)6-7-5(3)9-8-6;1-4(2)6-7-5(3)8-9-6;1-4(2)6-8-7-5(3)9-6;1-4(2)6-7-5(3)9-8-6;1-4(2)6-7-5(3)8-9-6;1-5(2)6-3-4-7-8-6;1-4(2)5-6-7-8-9(5)3;1-4(2)5-6-8-9(3)7-5;1-4(2)9-5(3)6-7-8-9;1-4(2)9-7-5(3)6-8-9;1-5(2)8-3-6-7-4-8;1-5(2)8-4-6-3-7-8;1-5(2)8-4-3-6-7-8;1-4(2)5-3-6-8-7-5;5*1-2/h6*4H,1-3H3;4-5H,3H2,1-2H3;4*4H,1-3H3;3*3-5H,1-2H3;3-4H,1-2H3,(H,6,7,8);5*1-2H3. The number of aromatic amines is 1. The molecule has 0 amide bonds. The van der Waals surface area contributed by atoms with Gasteiger partial charge >= 0.3 is 0 Å². The van der Waals surface area contributed by atoms with Crippen LogP contribution in [0, 0.1) is 61.3 Å². The molecule has 15 heterocycles. The Kier molecular flexibility index (Phi) is 79.1. The third kappa shape index (κ3) is 64.5. The highest BCUT2D eigenvalue weighted by molar-refractivity contribution is 7.11. The Morgan fingerprint density at radius 1 is 0.414 bits per heavy atom. The molecular weight excluding hydrogens is 1840 g/mol. The highest BCUT2D eigenvalue weighted by atomic mass is 32.1. The summed E-state index contributed by atoms with van der Waals surface area (Å²) in [6.07, 6.45) is 14.8. The van der Waals surface area contributed by atoms with Crippen molar-refractivity contribution in [2.24, 2.45) is 30.2 Å². The Morgan fingerprint density at radius 2 is 1.00 bits per heavy atom. The lowest BCUT2D eigenvalue weighted by Crippen LogP contribution is -2.04. The van der Waals surface area contributed by atoms with Crippen LogP contribution in [0.25, 0.3) is 0 Å². The van der Waals surface area contributed by atoms with Gasteiger partial charge in [0, 0.05) is 111 Å². The molecule has 14 aromatic heterocycles. The molecule has 0 saturated heterocycles. The van der Waals surface area contributed by atoms with Crippen LogP contribution in [0.2, 0.25) is 0 Å². The van der Waals surface area contributed by atoms with Crippen molar-refractivity contribution in [1.82, 2.24) is 200 Å². The van der Waals surface area contributed by atoms with Gasteiger partial charge in [-0.05, 0) is 177 Å². The summed E-state index contributed by atoms with van der Waals surface area (Å²) in [5.41, 5.74) is 2.22. The predicted molar refractivity (Wildman–Crippen MR) is 561 cm³/mol. The van der Waals surface area contributed by atoms with Gasteiger partial charge in [-0.15, -0.1) is 77.6 Å². The minimum Gasteiger partial charge on any atom is -0.425 e. The second-order valence-electron chi connectivity index (χ2n) is 33.3. The van der Waals surface area contributed by atoms with Crippen LogP contribution in [0.1, 0.15) is 463 Å². The summed E-state index contributed by atoms with van der Waals surface area (Å²) in [4.78, 5) is 23.4. The monoisotopic (exact) mass is 2010 g/mol. The zero-order valence-electron chi connectivity index (χ0n) is 94.3. The van der Waals surface area contributed by atoms with Crippen molar-refractivity contribution in [3.05, 3.63) is 140 Å². The van der Waals surface area contributed by atoms with Gasteiger partial charge in [-0.25, -0.2) is 24.3 Å². The maximum atomic E-state index is 5.12. The first-order valence-corrected chi connectivity index (χ1v) is 50.7. The maximum Gasteiger partial charge on any atom is 0.229 e. The molecule has 1 aliphatic heterocycles. The molecule has 45 nitrogen and oxygen atoms in total.